The number of carbonyl (C=O) groups is 1. The Balaban J connectivity index is 1.60. The van der Waals surface area contributed by atoms with Gasteiger partial charge < -0.3 is 14.8 Å². The highest BCUT2D eigenvalue weighted by Crippen LogP contribution is 2.26. The van der Waals surface area contributed by atoms with Crippen molar-refractivity contribution >= 4 is 39.1 Å². The SMILES string of the molecule is CN(C)CCN(Cc1cccc(-c2ccc3[nH]c(=O)sc3c2)c1)C(=O)c1ccc(Cl)cc1. The highest BCUT2D eigenvalue weighted by molar-refractivity contribution is 7.16. The third kappa shape index (κ3) is 5.27. The van der Waals surface area contributed by atoms with Crippen LogP contribution in [0.2, 0.25) is 5.02 Å². The number of amides is 1. The van der Waals surface area contributed by atoms with E-state index in [4.69, 9.17) is 11.6 Å². The van der Waals surface area contributed by atoms with Gasteiger partial charge in [-0.2, -0.15) is 0 Å². The number of aromatic nitrogens is 1. The third-order valence-electron chi connectivity index (χ3n) is 5.25. The lowest BCUT2D eigenvalue weighted by Crippen LogP contribution is -2.36. The van der Waals surface area contributed by atoms with Crippen LogP contribution in [0.25, 0.3) is 21.3 Å². The van der Waals surface area contributed by atoms with Crippen molar-refractivity contribution in [3.8, 4) is 11.1 Å². The van der Waals surface area contributed by atoms with Gasteiger partial charge in [-0.05, 0) is 73.3 Å². The number of hydrogen-bond acceptors (Lipinski definition) is 4. The van der Waals surface area contributed by atoms with E-state index in [-0.39, 0.29) is 10.8 Å². The molecule has 4 aromatic rings. The Morgan fingerprint density at radius 3 is 2.47 bits per heavy atom. The maximum Gasteiger partial charge on any atom is 0.305 e. The summed E-state index contributed by atoms with van der Waals surface area (Å²) in [5.41, 5.74) is 4.61. The minimum Gasteiger partial charge on any atom is -0.333 e. The Morgan fingerprint density at radius 1 is 0.969 bits per heavy atom. The first-order chi connectivity index (χ1) is 15.4. The average Bonchev–Trinajstić information content (AvgIpc) is 3.16. The van der Waals surface area contributed by atoms with E-state index in [0.717, 1.165) is 33.5 Å². The minimum atomic E-state index is -0.0526. The minimum absolute atomic E-state index is 0.0209. The molecule has 1 amide bonds. The Kier molecular flexibility index (Phi) is 6.74. The molecule has 0 saturated carbocycles. The summed E-state index contributed by atoms with van der Waals surface area (Å²) >= 11 is 7.20. The molecule has 0 bridgehead atoms. The maximum absolute atomic E-state index is 13.2. The van der Waals surface area contributed by atoms with Gasteiger partial charge in [-0.3, -0.25) is 9.59 Å². The first kappa shape index (κ1) is 22.3. The molecule has 1 N–H and O–H groups in total. The van der Waals surface area contributed by atoms with E-state index >= 15 is 0 Å². The predicted octanol–water partition coefficient (Wildman–Crippen LogP) is 5.11. The maximum atomic E-state index is 13.2. The number of H-pyrrole nitrogens is 1. The fourth-order valence-corrected chi connectivity index (χ4v) is 4.44. The van der Waals surface area contributed by atoms with Crippen molar-refractivity contribution in [2.45, 2.75) is 6.54 Å². The van der Waals surface area contributed by atoms with Crippen LogP contribution >= 0.6 is 22.9 Å². The summed E-state index contributed by atoms with van der Waals surface area (Å²) in [6, 6.07) is 21.2. The molecule has 0 saturated heterocycles. The molecule has 0 atom stereocenters. The number of carbonyl (C=O) groups excluding carboxylic acids is 1. The van der Waals surface area contributed by atoms with Crippen molar-refractivity contribution in [1.82, 2.24) is 14.8 Å². The number of likely N-dealkylation sites (N-methyl/N-ethyl adjacent to an activating group) is 1. The molecule has 0 aliphatic rings. The first-order valence-corrected chi connectivity index (χ1v) is 11.5. The van der Waals surface area contributed by atoms with Gasteiger partial charge in [0.25, 0.3) is 5.91 Å². The van der Waals surface area contributed by atoms with E-state index in [0.29, 0.717) is 23.7 Å². The van der Waals surface area contributed by atoms with E-state index in [1.165, 1.54) is 11.3 Å². The van der Waals surface area contributed by atoms with Crippen LogP contribution in [-0.4, -0.2) is 47.9 Å². The molecule has 7 heteroatoms. The summed E-state index contributed by atoms with van der Waals surface area (Å²) in [7, 11) is 3.99. The molecular weight excluding hydrogens is 442 g/mol. The molecular formula is C25H24ClN3O2S. The second-order valence-electron chi connectivity index (χ2n) is 7.96. The molecule has 0 unspecified atom stereocenters. The van der Waals surface area contributed by atoms with Crippen LogP contribution in [0, 0.1) is 0 Å². The second-order valence-corrected chi connectivity index (χ2v) is 9.41. The second kappa shape index (κ2) is 9.69. The van der Waals surface area contributed by atoms with Gasteiger partial charge in [0.1, 0.15) is 0 Å². The average molecular weight is 466 g/mol. The number of nitrogens with zero attached hydrogens (tertiary/aromatic N) is 2. The predicted molar refractivity (Wildman–Crippen MR) is 133 cm³/mol. The van der Waals surface area contributed by atoms with Gasteiger partial charge in [0.2, 0.25) is 0 Å². The number of rotatable bonds is 7. The fourth-order valence-electron chi connectivity index (χ4n) is 3.54. The Bertz CT molecular complexity index is 1290. The first-order valence-electron chi connectivity index (χ1n) is 10.3. The highest BCUT2D eigenvalue weighted by atomic mass is 35.5. The Morgan fingerprint density at radius 2 is 1.72 bits per heavy atom. The normalized spacial score (nSPS) is 11.2. The monoisotopic (exact) mass is 465 g/mol. The third-order valence-corrected chi connectivity index (χ3v) is 6.35. The van der Waals surface area contributed by atoms with Crippen molar-refractivity contribution < 1.29 is 4.79 Å². The zero-order valence-corrected chi connectivity index (χ0v) is 19.5. The van der Waals surface area contributed by atoms with Crippen molar-refractivity contribution in [3.63, 3.8) is 0 Å². The topological polar surface area (TPSA) is 56.4 Å². The molecule has 0 aliphatic heterocycles. The number of aromatic amines is 1. The summed E-state index contributed by atoms with van der Waals surface area (Å²) in [6.45, 7) is 1.88. The van der Waals surface area contributed by atoms with Crippen LogP contribution in [0.3, 0.4) is 0 Å². The molecule has 0 aliphatic carbocycles. The van der Waals surface area contributed by atoms with E-state index in [2.05, 4.69) is 16.0 Å². The zero-order chi connectivity index (χ0) is 22.7. The summed E-state index contributed by atoms with van der Waals surface area (Å²) in [6.07, 6.45) is 0. The van der Waals surface area contributed by atoms with Gasteiger partial charge in [-0.15, -0.1) is 0 Å². The van der Waals surface area contributed by atoms with Gasteiger partial charge in [-0.25, -0.2) is 0 Å². The standard InChI is InChI=1S/C25H24ClN3O2S/c1-28(2)12-13-29(24(30)18-6-9-21(26)10-7-18)16-17-4-3-5-19(14-17)20-8-11-22-23(15-20)32-25(31)27-22/h3-11,14-15H,12-13,16H2,1-2H3,(H,27,31). The highest BCUT2D eigenvalue weighted by Gasteiger charge is 2.17. The number of benzene rings is 3. The van der Waals surface area contributed by atoms with E-state index in [1.807, 2.05) is 55.4 Å². The summed E-state index contributed by atoms with van der Waals surface area (Å²) in [5, 5.41) is 0.610. The van der Waals surface area contributed by atoms with Gasteiger partial charge in [0, 0.05) is 30.2 Å². The molecule has 0 radical (unpaired) electrons. The quantitative estimate of drug-likeness (QED) is 0.412. The Hall–Kier alpha value is -2.93. The van der Waals surface area contributed by atoms with Crippen LogP contribution in [0.1, 0.15) is 15.9 Å². The fraction of sp³-hybridized carbons (Fsp3) is 0.200. The molecule has 0 fully saturated rings. The molecule has 1 heterocycles. The molecule has 1 aromatic heterocycles. The van der Waals surface area contributed by atoms with E-state index in [1.54, 1.807) is 24.3 Å². The van der Waals surface area contributed by atoms with Crippen molar-refractivity contribution in [3.05, 3.63) is 92.5 Å². The number of nitrogens with one attached hydrogen (secondary N) is 1. The number of hydrogen-bond donors (Lipinski definition) is 1. The lowest BCUT2D eigenvalue weighted by molar-refractivity contribution is 0.0732. The van der Waals surface area contributed by atoms with Crippen molar-refractivity contribution in [2.24, 2.45) is 0 Å². The van der Waals surface area contributed by atoms with Crippen LogP contribution in [0.4, 0.5) is 0 Å². The molecule has 0 spiro atoms. The van der Waals surface area contributed by atoms with Crippen LogP contribution in [-0.2, 0) is 6.54 Å². The lowest BCUT2D eigenvalue weighted by Gasteiger charge is -2.25. The van der Waals surface area contributed by atoms with Gasteiger partial charge in [-0.1, -0.05) is 47.2 Å². The zero-order valence-electron chi connectivity index (χ0n) is 18.0. The molecule has 4 rings (SSSR count). The molecule has 5 nitrogen and oxygen atoms in total. The van der Waals surface area contributed by atoms with Crippen molar-refractivity contribution in [2.75, 3.05) is 27.2 Å². The van der Waals surface area contributed by atoms with Gasteiger partial charge in [0.05, 0.1) is 10.2 Å². The lowest BCUT2D eigenvalue weighted by atomic mass is 10.0. The van der Waals surface area contributed by atoms with E-state index in [9.17, 15) is 9.59 Å². The van der Waals surface area contributed by atoms with Gasteiger partial charge in [0.15, 0.2) is 0 Å². The Labute approximate surface area is 195 Å². The van der Waals surface area contributed by atoms with Crippen LogP contribution in [0.15, 0.2) is 71.5 Å². The summed E-state index contributed by atoms with van der Waals surface area (Å²) < 4.78 is 0.934. The summed E-state index contributed by atoms with van der Waals surface area (Å²) in [5.74, 6) is -0.0209. The van der Waals surface area contributed by atoms with E-state index < -0.39 is 0 Å². The number of fused-ring (bicyclic) bond motifs is 1. The summed E-state index contributed by atoms with van der Waals surface area (Å²) in [4.78, 5) is 31.6. The molecule has 3 aromatic carbocycles. The smallest absolute Gasteiger partial charge is 0.305 e. The largest absolute Gasteiger partial charge is 0.333 e. The van der Waals surface area contributed by atoms with Gasteiger partial charge >= 0.3 is 4.87 Å². The van der Waals surface area contributed by atoms with Crippen LogP contribution in [0.5, 0.6) is 0 Å². The van der Waals surface area contributed by atoms with Crippen molar-refractivity contribution in [1.29, 1.82) is 0 Å². The van der Waals surface area contributed by atoms with Crippen LogP contribution < -0.4 is 4.87 Å². The molecule has 32 heavy (non-hydrogen) atoms. The number of thiazole rings is 1. The molecule has 164 valence electrons. The number of halogens is 1.